The summed E-state index contributed by atoms with van der Waals surface area (Å²) in [5.41, 5.74) is 1.93. The van der Waals surface area contributed by atoms with E-state index in [-0.39, 0.29) is 43.8 Å². The minimum atomic E-state index is -0.365. The van der Waals surface area contributed by atoms with Gasteiger partial charge in [0.15, 0.2) is 23.0 Å². The van der Waals surface area contributed by atoms with Gasteiger partial charge in [0, 0.05) is 25.2 Å². The van der Waals surface area contributed by atoms with E-state index in [2.05, 4.69) is 6.92 Å². The second-order valence-corrected chi connectivity index (χ2v) is 13.1. The zero-order valence-corrected chi connectivity index (χ0v) is 30.7. The number of carbonyl (C=O) groups is 2. The number of fused-ring (bicyclic) bond motifs is 1. The Morgan fingerprint density at radius 2 is 1.18 bits per heavy atom. The van der Waals surface area contributed by atoms with Crippen LogP contribution in [0.25, 0.3) is 0 Å². The Balaban J connectivity index is 1.59. The third-order valence-electron chi connectivity index (χ3n) is 9.27. The molecule has 0 spiro atoms. The van der Waals surface area contributed by atoms with Crippen molar-refractivity contribution in [3.63, 3.8) is 0 Å². The number of rotatable bonds is 26. The SMILES string of the molecule is CCCCCCCCCCCCCCCC(=O)OCC(Cc1ccc2c(c1)OCO2)C(COC(C)=O)Cc1cc(OC)c(OC)c(OC)c1. The van der Waals surface area contributed by atoms with E-state index in [4.69, 9.17) is 33.2 Å². The number of hydrogen-bond donors (Lipinski definition) is 0. The van der Waals surface area contributed by atoms with Crippen LogP contribution < -0.4 is 23.7 Å². The van der Waals surface area contributed by atoms with Crippen LogP contribution in [0.15, 0.2) is 30.3 Å². The molecule has 1 aliphatic rings. The van der Waals surface area contributed by atoms with Gasteiger partial charge in [0.1, 0.15) is 0 Å². The van der Waals surface area contributed by atoms with Crippen LogP contribution in [0.2, 0.25) is 0 Å². The standard InChI is InChI=1S/C40H60O9/c1-6-7-8-9-10-11-12-13-14-15-16-17-18-19-39(42)47-28-33(22-31-20-21-35-36(24-31)49-29-48-35)34(27-46-30(2)41)23-32-25-37(43-3)40(45-5)38(26-32)44-4/h20-21,24-26,33-34H,6-19,22-23,27-29H2,1-5H3. The summed E-state index contributed by atoms with van der Waals surface area (Å²) in [6, 6.07) is 9.67. The van der Waals surface area contributed by atoms with E-state index in [1.54, 1.807) is 21.3 Å². The van der Waals surface area contributed by atoms with Crippen molar-refractivity contribution >= 4 is 11.9 Å². The molecule has 2 atom stereocenters. The summed E-state index contributed by atoms with van der Waals surface area (Å²) in [5.74, 6) is 2.09. The van der Waals surface area contributed by atoms with Crippen molar-refractivity contribution in [3.8, 4) is 28.7 Å². The fraction of sp³-hybridized carbons (Fsp3) is 0.650. The molecular weight excluding hydrogens is 624 g/mol. The first-order valence-electron chi connectivity index (χ1n) is 18.3. The zero-order chi connectivity index (χ0) is 35.3. The lowest BCUT2D eigenvalue weighted by Crippen LogP contribution is -2.30. The van der Waals surface area contributed by atoms with E-state index in [9.17, 15) is 9.59 Å². The molecule has 0 saturated carbocycles. The lowest BCUT2D eigenvalue weighted by atomic mass is 9.83. The van der Waals surface area contributed by atoms with Crippen LogP contribution in [-0.4, -0.2) is 53.3 Å². The molecule has 0 fully saturated rings. The Morgan fingerprint density at radius 3 is 1.73 bits per heavy atom. The smallest absolute Gasteiger partial charge is 0.305 e. The summed E-state index contributed by atoms with van der Waals surface area (Å²) in [6.45, 7) is 4.21. The molecule has 9 heteroatoms. The second-order valence-electron chi connectivity index (χ2n) is 13.1. The normalized spacial score (nSPS) is 13.1. The number of ether oxygens (including phenoxy) is 7. The molecule has 9 nitrogen and oxygen atoms in total. The first kappa shape index (κ1) is 39.8. The second kappa shape index (κ2) is 22.9. The third kappa shape index (κ3) is 14.4. The molecule has 2 aromatic rings. The number of unbranched alkanes of at least 4 members (excludes halogenated alkanes) is 12. The van der Waals surface area contributed by atoms with Gasteiger partial charge in [-0.3, -0.25) is 9.59 Å². The van der Waals surface area contributed by atoms with Crippen molar-refractivity contribution in [2.75, 3.05) is 41.3 Å². The number of methoxy groups -OCH3 is 3. The molecule has 0 aromatic heterocycles. The molecular formula is C40H60O9. The van der Waals surface area contributed by atoms with Gasteiger partial charge in [-0.25, -0.2) is 0 Å². The molecule has 0 bridgehead atoms. The van der Waals surface area contributed by atoms with Crippen molar-refractivity contribution in [2.24, 2.45) is 11.8 Å². The van der Waals surface area contributed by atoms with Crippen molar-refractivity contribution in [2.45, 2.75) is 117 Å². The van der Waals surface area contributed by atoms with Gasteiger partial charge in [0.2, 0.25) is 12.5 Å². The van der Waals surface area contributed by atoms with Crippen LogP contribution in [0.5, 0.6) is 28.7 Å². The van der Waals surface area contributed by atoms with Crippen molar-refractivity contribution < 1.29 is 42.7 Å². The Labute approximate surface area is 294 Å². The topological polar surface area (TPSA) is 98.8 Å². The quantitative estimate of drug-likeness (QED) is 0.0710. The Kier molecular flexibility index (Phi) is 18.6. The van der Waals surface area contributed by atoms with Gasteiger partial charge in [-0.1, -0.05) is 90.0 Å². The van der Waals surface area contributed by atoms with Gasteiger partial charge in [-0.2, -0.15) is 0 Å². The van der Waals surface area contributed by atoms with Crippen LogP contribution in [0.1, 0.15) is 115 Å². The summed E-state index contributed by atoms with van der Waals surface area (Å²) in [5, 5.41) is 0. The molecule has 274 valence electrons. The van der Waals surface area contributed by atoms with Crippen molar-refractivity contribution in [3.05, 3.63) is 41.5 Å². The van der Waals surface area contributed by atoms with Gasteiger partial charge in [-0.15, -0.1) is 0 Å². The molecule has 0 amide bonds. The summed E-state index contributed by atoms with van der Waals surface area (Å²) in [6.07, 6.45) is 17.8. The highest BCUT2D eigenvalue weighted by Gasteiger charge is 2.27. The number of carbonyl (C=O) groups excluding carboxylic acids is 2. The van der Waals surface area contributed by atoms with E-state index in [0.717, 1.165) is 30.4 Å². The molecule has 3 rings (SSSR count). The summed E-state index contributed by atoms with van der Waals surface area (Å²) >= 11 is 0. The van der Waals surface area contributed by atoms with E-state index >= 15 is 0 Å². The minimum Gasteiger partial charge on any atom is -0.493 e. The minimum absolute atomic E-state index is 0.158. The fourth-order valence-corrected chi connectivity index (χ4v) is 6.43. The molecule has 1 heterocycles. The monoisotopic (exact) mass is 684 g/mol. The average molecular weight is 685 g/mol. The molecule has 0 saturated heterocycles. The van der Waals surface area contributed by atoms with E-state index in [1.165, 1.54) is 71.1 Å². The first-order chi connectivity index (χ1) is 23.9. The average Bonchev–Trinajstić information content (AvgIpc) is 3.58. The van der Waals surface area contributed by atoms with Gasteiger partial charge in [-0.05, 0) is 54.7 Å². The predicted molar refractivity (Wildman–Crippen MR) is 191 cm³/mol. The Bertz CT molecular complexity index is 1240. The predicted octanol–water partition coefficient (Wildman–Crippen LogP) is 9.05. The highest BCUT2D eigenvalue weighted by Crippen LogP contribution is 2.40. The maximum atomic E-state index is 12.9. The highest BCUT2D eigenvalue weighted by molar-refractivity contribution is 5.69. The lowest BCUT2D eigenvalue weighted by molar-refractivity contribution is -0.148. The summed E-state index contributed by atoms with van der Waals surface area (Å²) in [4.78, 5) is 24.9. The molecule has 1 aliphatic heterocycles. The Morgan fingerprint density at radius 1 is 0.653 bits per heavy atom. The van der Waals surface area contributed by atoms with Gasteiger partial charge in [0.05, 0.1) is 34.5 Å². The van der Waals surface area contributed by atoms with Crippen molar-refractivity contribution in [1.82, 2.24) is 0 Å². The maximum Gasteiger partial charge on any atom is 0.305 e. The van der Waals surface area contributed by atoms with Crippen LogP contribution in [0.4, 0.5) is 0 Å². The summed E-state index contributed by atoms with van der Waals surface area (Å²) < 4.78 is 39.3. The third-order valence-corrected chi connectivity index (χ3v) is 9.27. The van der Waals surface area contributed by atoms with Crippen LogP contribution >= 0.6 is 0 Å². The van der Waals surface area contributed by atoms with Gasteiger partial charge in [0.25, 0.3) is 0 Å². The fourth-order valence-electron chi connectivity index (χ4n) is 6.43. The largest absolute Gasteiger partial charge is 0.493 e. The molecule has 2 aromatic carbocycles. The first-order valence-corrected chi connectivity index (χ1v) is 18.3. The van der Waals surface area contributed by atoms with Gasteiger partial charge >= 0.3 is 11.9 Å². The molecule has 0 N–H and O–H groups in total. The number of benzene rings is 2. The summed E-state index contributed by atoms with van der Waals surface area (Å²) in [7, 11) is 4.73. The van der Waals surface area contributed by atoms with E-state index in [0.29, 0.717) is 48.0 Å². The zero-order valence-electron chi connectivity index (χ0n) is 30.7. The molecule has 2 unspecified atom stereocenters. The molecule has 0 radical (unpaired) electrons. The number of hydrogen-bond acceptors (Lipinski definition) is 9. The molecule has 49 heavy (non-hydrogen) atoms. The highest BCUT2D eigenvalue weighted by atomic mass is 16.7. The van der Waals surface area contributed by atoms with Crippen molar-refractivity contribution in [1.29, 1.82) is 0 Å². The number of esters is 2. The Hall–Kier alpha value is -3.62. The van der Waals surface area contributed by atoms with Gasteiger partial charge < -0.3 is 33.2 Å². The van der Waals surface area contributed by atoms with Crippen LogP contribution in [0.3, 0.4) is 0 Å². The van der Waals surface area contributed by atoms with Crippen LogP contribution in [-0.2, 0) is 31.9 Å². The molecule has 0 aliphatic carbocycles. The van der Waals surface area contributed by atoms with E-state index < -0.39 is 0 Å². The van der Waals surface area contributed by atoms with E-state index in [1.807, 2.05) is 30.3 Å². The van der Waals surface area contributed by atoms with Crippen LogP contribution in [0, 0.1) is 11.8 Å². The maximum absolute atomic E-state index is 12.9. The lowest BCUT2D eigenvalue weighted by Gasteiger charge is -2.27.